The van der Waals surface area contributed by atoms with E-state index in [2.05, 4.69) is 27.7 Å². The van der Waals surface area contributed by atoms with E-state index in [0.29, 0.717) is 19.8 Å². The third-order valence-electron chi connectivity index (χ3n) is 6.45. The highest BCUT2D eigenvalue weighted by atomic mass is 16.5. The van der Waals surface area contributed by atoms with Crippen LogP contribution in [0.1, 0.15) is 61.6 Å². The molecule has 0 saturated heterocycles. The normalized spacial score (nSPS) is 18.0. The van der Waals surface area contributed by atoms with Gasteiger partial charge in [0.15, 0.2) is 16.9 Å². The molecule has 1 atom stereocenters. The van der Waals surface area contributed by atoms with Crippen molar-refractivity contribution in [2.75, 3.05) is 26.9 Å². The van der Waals surface area contributed by atoms with Gasteiger partial charge in [-0.1, -0.05) is 27.7 Å². The average Bonchev–Trinajstić information content (AvgIpc) is 3.05. The van der Waals surface area contributed by atoms with Crippen LogP contribution in [-0.4, -0.2) is 42.6 Å². The number of rotatable bonds is 7. The maximum atomic E-state index is 12.7. The summed E-state index contributed by atoms with van der Waals surface area (Å²) in [7, 11) is 1.67. The number of carboxylic acids is 1. The average molecular weight is 442 g/mol. The zero-order valence-electron chi connectivity index (χ0n) is 19.4. The fourth-order valence-electron chi connectivity index (χ4n) is 4.82. The van der Waals surface area contributed by atoms with Crippen molar-refractivity contribution in [2.24, 2.45) is 5.92 Å². The van der Waals surface area contributed by atoms with Crippen LogP contribution in [0.2, 0.25) is 0 Å². The lowest BCUT2D eigenvalue weighted by Gasteiger charge is -2.35. The van der Waals surface area contributed by atoms with Crippen LogP contribution in [-0.2, 0) is 16.6 Å². The summed E-state index contributed by atoms with van der Waals surface area (Å²) in [6, 6.07) is 3.54. The van der Waals surface area contributed by atoms with Crippen LogP contribution in [0.5, 0.6) is 11.5 Å². The number of nitrogens with zero attached hydrogens (tertiary/aromatic N) is 1. The van der Waals surface area contributed by atoms with Crippen LogP contribution in [0.25, 0.3) is 11.3 Å². The Kier molecular flexibility index (Phi) is 5.79. The van der Waals surface area contributed by atoms with Gasteiger partial charge in [0, 0.05) is 55.0 Å². The Labute approximate surface area is 187 Å². The third-order valence-corrected chi connectivity index (χ3v) is 6.45. The Bertz CT molecular complexity index is 1110. The molecular weight excluding hydrogens is 410 g/mol. The van der Waals surface area contributed by atoms with Crippen molar-refractivity contribution in [3.05, 3.63) is 45.2 Å². The summed E-state index contributed by atoms with van der Waals surface area (Å²) >= 11 is 0. The molecule has 4 rings (SSSR count). The molecule has 2 aromatic rings. The zero-order chi connectivity index (χ0) is 23.2. The molecule has 0 amide bonds. The number of fused-ring (bicyclic) bond motifs is 5. The molecule has 2 aliphatic rings. The lowest BCUT2D eigenvalue weighted by molar-refractivity contribution is 0.0694. The van der Waals surface area contributed by atoms with Crippen LogP contribution in [0, 0.1) is 5.92 Å². The molecule has 0 spiro atoms. The molecular formula is C25H31NO6. The molecule has 32 heavy (non-hydrogen) atoms. The van der Waals surface area contributed by atoms with Gasteiger partial charge in [-0.3, -0.25) is 4.79 Å². The minimum atomic E-state index is -1.20. The van der Waals surface area contributed by atoms with Gasteiger partial charge in [-0.2, -0.15) is 0 Å². The number of aromatic carboxylic acids is 1. The first-order chi connectivity index (χ1) is 15.2. The molecule has 1 N–H and O–H groups in total. The zero-order valence-corrected chi connectivity index (χ0v) is 19.4. The molecule has 0 bridgehead atoms. The highest BCUT2D eigenvalue weighted by molar-refractivity contribution is 5.88. The number of carboxylic acid groups (broad SMARTS) is 1. The second kappa shape index (κ2) is 8.28. The Morgan fingerprint density at radius 1 is 1.31 bits per heavy atom. The molecule has 0 fully saturated rings. The van der Waals surface area contributed by atoms with Crippen molar-refractivity contribution >= 4 is 5.97 Å². The summed E-state index contributed by atoms with van der Waals surface area (Å²) in [4.78, 5) is 24.3. The minimum Gasteiger partial charge on any atom is -0.490 e. The summed E-state index contributed by atoms with van der Waals surface area (Å²) < 4.78 is 19.3. The number of aromatic nitrogens is 1. The highest BCUT2D eigenvalue weighted by Gasteiger charge is 2.41. The van der Waals surface area contributed by atoms with Crippen LogP contribution in [0.3, 0.4) is 0 Å². The smallest absolute Gasteiger partial charge is 0.341 e. The van der Waals surface area contributed by atoms with Crippen molar-refractivity contribution in [1.82, 2.24) is 4.57 Å². The first-order valence-corrected chi connectivity index (χ1v) is 11.1. The first kappa shape index (κ1) is 22.4. The van der Waals surface area contributed by atoms with E-state index in [4.69, 9.17) is 14.2 Å². The van der Waals surface area contributed by atoms with Crippen LogP contribution in [0.15, 0.2) is 23.1 Å². The lowest BCUT2D eigenvalue weighted by atomic mass is 9.77. The van der Waals surface area contributed by atoms with Gasteiger partial charge < -0.3 is 23.9 Å². The summed E-state index contributed by atoms with van der Waals surface area (Å²) in [6.45, 7) is 10.1. The summed E-state index contributed by atoms with van der Waals surface area (Å²) in [6.07, 6.45) is 3.01. The quantitative estimate of drug-likeness (QED) is 0.653. The van der Waals surface area contributed by atoms with Crippen molar-refractivity contribution in [1.29, 1.82) is 0 Å². The molecule has 3 heterocycles. The lowest BCUT2D eigenvalue weighted by Crippen LogP contribution is -2.30. The standard InChI is InChI=1S/C25H31NO6/c1-14(2)17-9-15-10-20(31-8-6-7-30-5)23-22(25(3,4)13-32-23)21(15)18-11-19(27)16(24(28)29)12-26(17)18/h10-12,14,17H,6-9,13H2,1-5H3,(H,28,29). The van der Waals surface area contributed by atoms with E-state index < -0.39 is 11.4 Å². The van der Waals surface area contributed by atoms with Gasteiger partial charge in [0.1, 0.15) is 5.56 Å². The minimum absolute atomic E-state index is 0.0287. The molecule has 2 aliphatic heterocycles. The second-order valence-corrected chi connectivity index (χ2v) is 9.64. The predicted molar refractivity (Wildman–Crippen MR) is 121 cm³/mol. The third kappa shape index (κ3) is 3.68. The van der Waals surface area contributed by atoms with Gasteiger partial charge in [-0.05, 0) is 24.0 Å². The number of hydrogen-bond donors (Lipinski definition) is 1. The van der Waals surface area contributed by atoms with Gasteiger partial charge in [0.2, 0.25) is 0 Å². The monoisotopic (exact) mass is 441 g/mol. The van der Waals surface area contributed by atoms with Crippen molar-refractivity contribution in [3.8, 4) is 22.8 Å². The summed E-state index contributed by atoms with van der Waals surface area (Å²) in [5.41, 5.74) is 2.89. The maximum absolute atomic E-state index is 12.7. The Hall–Kier alpha value is -2.80. The summed E-state index contributed by atoms with van der Waals surface area (Å²) in [5.74, 6) is 0.485. The van der Waals surface area contributed by atoms with Crippen LogP contribution < -0.4 is 14.9 Å². The fourth-order valence-corrected chi connectivity index (χ4v) is 4.82. The van der Waals surface area contributed by atoms with E-state index in [-0.39, 0.29) is 22.9 Å². The van der Waals surface area contributed by atoms with Crippen molar-refractivity contribution in [3.63, 3.8) is 0 Å². The molecule has 1 aromatic carbocycles. The highest BCUT2D eigenvalue weighted by Crippen LogP contribution is 2.53. The number of benzene rings is 1. The van der Waals surface area contributed by atoms with Crippen LogP contribution in [0.4, 0.5) is 0 Å². The Morgan fingerprint density at radius 3 is 2.72 bits per heavy atom. The van der Waals surface area contributed by atoms with E-state index in [9.17, 15) is 14.7 Å². The van der Waals surface area contributed by atoms with Crippen LogP contribution >= 0.6 is 0 Å². The molecule has 0 radical (unpaired) electrons. The first-order valence-electron chi connectivity index (χ1n) is 11.1. The van der Waals surface area contributed by atoms with Gasteiger partial charge in [-0.15, -0.1) is 0 Å². The Balaban J connectivity index is 1.94. The molecule has 0 aliphatic carbocycles. The largest absolute Gasteiger partial charge is 0.490 e. The van der Waals surface area contributed by atoms with Gasteiger partial charge in [0.05, 0.1) is 18.9 Å². The Morgan fingerprint density at radius 2 is 2.06 bits per heavy atom. The SMILES string of the molecule is COCCCOc1cc2c(c3c1OCC3(C)C)-c1cc(=O)c(C(=O)O)cn1C(C(C)C)C2. The van der Waals surface area contributed by atoms with Gasteiger partial charge in [-0.25, -0.2) is 4.79 Å². The van der Waals surface area contributed by atoms with Crippen molar-refractivity contribution < 1.29 is 24.1 Å². The molecule has 1 aromatic heterocycles. The second-order valence-electron chi connectivity index (χ2n) is 9.64. The fraction of sp³-hybridized carbons (Fsp3) is 0.520. The number of carbonyl (C=O) groups is 1. The van der Waals surface area contributed by atoms with Gasteiger partial charge in [0.25, 0.3) is 0 Å². The molecule has 7 nitrogen and oxygen atoms in total. The molecule has 7 heteroatoms. The van der Waals surface area contributed by atoms with E-state index in [0.717, 1.165) is 46.7 Å². The molecule has 1 unspecified atom stereocenters. The number of pyridine rings is 1. The van der Waals surface area contributed by atoms with E-state index in [1.54, 1.807) is 7.11 Å². The maximum Gasteiger partial charge on any atom is 0.341 e. The van der Waals surface area contributed by atoms with Gasteiger partial charge >= 0.3 is 5.97 Å². The van der Waals surface area contributed by atoms with E-state index in [1.165, 1.54) is 12.3 Å². The number of ether oxygens (including phenoxy) is 3. The molecule has 0 saturated carbocycles. The molecule has 172 valence electrons. The summed E-state index contributed by atoms with van der Waals surface area (Å²) in [5, 5.41) is 9.52. The predicted octanol–water partition coefficient (Wildman–Crippen LogP) is 4.05. The van der Waals surface area contributed by atoms with Crippen molar-refractivity contribution in [2.45, 2.75) is 52.0 Å². The van der Waals surface area contributed by atoms with E-state index in [1.807, 2.05) is 10.6 Å². The number of methoxy groups -OCH3 is 1. The topological polar surface area (TPSA) is 87.0 Å². The van der Waals surface area contributed by atoms with E-state index >= 15 is 0 Å². The number of hydrogen-bond acceptors (Lipinski definition) is 5.